The molecule has 2 atom stereocenters. The zero-order valence-corrected chi connectivity index (χ0v) is 14.1. The Bertz CT molecular complexity index is 271. The van der Waals surface area contributed by atoms with Crippen LogP contribution in [-0.2, 0) is 0 Å². The highest BCUT2D eigenvalue weighted by Gasteiger charge is 2.40. The molecule has 0 aromatic carbocycles. The zero-order valence-electron chi connectivity index (χ0n) is 14.1. The second-order valence-electron chi connectivity index (χ2n) is 7.33. The summed E-state index contributed by atoms with van der Waals surface area (Å²) in [5, 5.41) is 3.93. The lowest BCUT2D eigenvalue weighted by Gasteiger charge is -2.51. The van der Waals surface area contributed by atoms with Crippen molar-refractivity contribution in [3.8, 4) is 0 Å². The number of hydrogen-bond donors (Lipinski definition) is 1. The molecule has 2 fully saturated rings. The predicted octanol–water partition coefficient (Wildman–Crippen LogP) is 4.34. The van der Waals surface area contributed by atoms with Crippen molar-refractivity contribution in [3.05, 3.63) is 0 Å². The molecule has 0 bridgehead atoms. The predicted molar refractivity (Wildman–Crippen MR) is 88.2 cm³/mol. The van der Waals surface area contributed by atoms with E-state index in [0.29, 0.717) is 5.54 Å². The Morgan fingerprint density at radius 1 is 1.10 bits per heavy atom. The van der Waals surface area contributed by atoms with Gasteiger partial charge in [-0.25, -0.2) is 0 Å². The summed E-state index contributed by atoms with van der Waals surface area (Å²) in [4.78, 5) is 2.88. The van der Waals surface area contributed by atoms with Crippen molar-refractivity contribution < 1.29 is 0 Å². The molecule has 2 unspecified atom stereocenters. The molecule has 2 nitrogen and oxygen atoms in total. The van der Waals surface area contributed by atoms with E-state index in [2.05, 4.69) is 31.0 Å². The summed E-state index contributed by atoms with van der Waals surface area (Å²) in [5.74, 6) is 0. The minimum absolute atomic E-state index is 0.461. The summed E-state index contributed by atoms with van der Waals surface area (Å²) in [6, 6.07) is 1.55. The first kappa shape index (κ1) is 16.3. The van der Waals surface area contributed by atoms with Gasteiger partial charge in [0.25, 0.3) is 0 Å². The summed E-state index contributed by atoms with van der Waals surface area (Å²) in [6.07, 6.45) is 14.0. The van der Waals surface area contributed by atoms with Gasteiger partial charge in [0.2, 0.25) is 0 Å². The number of unbranched alkanes of at least 4 members (excludes halogenated alkanes) is 1. The van der Waals surface area contributed by atoms with Crippen molar-refractivity contribution in [2.24, 2.45) is 0 Å². The molecule has 0 amide bonds. The number of rotatable bonds is 6. The van der Waals surface area contributed by atoms with Gasteiger partial charge in [-0.1, -0.05) is 52.4 Å². The number of piperazine rings is 1. The molecule has 2 heteroatoms. The van der Waals surface area contributed by atoms with Gasteiger partial charge in [0.15, 0.2) is 0 Å². The molecule has 1 spiro atoms. The van der Waals surface area contributed by atoms with Crippen LogP contribution in [0.5, 0.6) is 0 Å². The minimum Gasteiger partial charge on any atom is -0.308 e. The number of hydrogen-bond acceptors (Lipinski definition) is 2. The number of nitrogens with zero attached hydrogens (tertiary/aromatic N) is 1. The zero-order chi connectivity index (χ0) is 14.4. The van der Waals surface area contributed by atoms with Gasteiger partial charge in [-0.05, 0) is 32.6 Å². The topological polar surface area (TPSA) is 15.3 Å². The van der Waals surface area contributed by atoms with E-state index < -0.39 is 0 Å². The molecule has 0 aromatic heterocycles. The smallest absolute Gasteiger partial charge is 0.0309 e. The Kier molecular flexibility index (Phi) is 6.35. The highest BCUT2D eigenvalue weighted by molar-refractivity contribution is 5.00. The largest absolute Gasteiger partial charge is 0.308 e. The van der Waals surface area contributed by atoms with E-state index in [9.17, 15) is 0 Å². The first-order chi connectivity index (χ1) is 9.71. The Labute approximate surface area is 126 Å². The molecule has 0 aromatic rings. The molecule has 1 N–H and O–H groups in total. The van der Waals surface area contributed by atoms with Gasteiger partial charge in [0.05, 0.1) is 0 Å². The molecule has 1 aliphatic heterocycles. The minimum atomic E-state index is 0.461. The van der Waals surface area contributed by atoms with Crippen LogP contribution in [0.25, 0.3) is 0 Å². The maximum Gasteiger partial charge on any atom is 0.0309 e. The summed E-state index contributed by atoms with van der Waals surface area (Å²) < 4.78 is 0. The van der Waals surface area contributed by atoms with Crippen LogP contribution in [0.3, 0.4) is 0 Å². The van der Waals surface area contributed by atoms with Gasteiger partial charge < -0.3 is 5.32 Å². The Balaban J connectivity index is 2.01. The van der Waals surface area contributed by atoms with Gasteiger partial charge in [-0.3, -0.25) is 4.90 Å². The molecule has 2 rings (SSSR count). The third-order valence-corrected chi connectivity index (χ3v) is 5.62. The molecule has 1 saturated heterocycles. The third kappa shape index (κ3) is 3.98. The van der Waals surface area contributed by atoms with E-state index in [-0.39, 0.29) is 0 Å². The lowest BCUT2D eigenvalue weighted by atomic mass is 9.78. The Morgan fingerprint density at radius 2 is 1.85 bits per heavy atom. The van der Waals surface area contributed by atoms with Crippen LogP contribution in [0.1, 0.15) is 85.0 Å². The van der Waals surface area contributed by atoms with E-state index in [1.807, 2.05) is 0 Å². The average molecular weight is 280 g/mol. The Morgan fingerprint density at radius 3 is 2.50 bits per heavy atom. The second kappa shape index (κ2) is 7.79. The van der Waals surface area contributed by atoms with Gasteiger partial charge in [-0.2, -0.15) is 0 Å². The van der Waals surface area contributed by atoms with Crippen LogP contribution in [0.2, 0.25) is 0 Å². The van der Waals surface area contributed by atoms with Crippen molar-refractivity contribution in [2.75, 3.05) is 13.1 Å². The van der Waals surface area contributed by atoms with E-state index in [4.69, 9.17) is 0 Å². The van der Waals surface area contributed by atoms with Crippen LogP contribution in [0, 0.1) is 0 Å². The standard InChI is InChI=1S/C18H36N2/c1-4-6-11-17(10-5-2)20-15-18(19-14-16(20)3)12-8-7-9-13-18/h16-17,19H,4-15H2,1-3H3. The molecule has 1 heterocycles. The second-order valence-corrected chi connectivity index (χ2v) is 7.33. The highest BCUT2D eigenvalue weighted by atomic mass is 15.3. The monoisotopic (exact) mass is 280 g/mol. The molecule has 0 radical (unpaired) electrons. The third-order valence-electron chi connectivity index (χ3n) is 5.62. The molecule has 1 aliphatic carbocycles. The lowest BCUT2D eigenvalue weighted by Crippen LogP contribution is -2.66. The van der Waals surface area contributed by atoms with Crippen LogP contribution in [-0.4, -0.2) is 35.6 Å². The summed E-state index contributed by atoms with van der Waals surface area (Å²) in [6.45, 7) is 9.61. The van der Waals surface area contributed by atoms with Crippen molar-refractivity contribution in [1.29, 1.82) is 0 Å². The molecular formula is C18H36N2. The fourth-order valence-corrected chi connectivity index (χ4v) is 4.34. The molecule has 2 aliphatic rings. The lowest BCUT2D eigenvalue weighted by molar-refractivity contribution is 0.0242. The Hall–Kier alpha value is -0.0800. The molecular weight excluding hydrogens is 244 g/mol. The number of nitrogens with one attached hydrogen (secondary N) is 1. The maximum absolute atomic E-state index is 3.93. The summed E-state index contributed by atoms with van der Waals surface area (Å²) >= 11 is 0. The molecule has 20 heavy (non-hydrogen) atoms. The van der Waals surface area contributed by atoms with Crippen LogP contribution in [0.4, 0.5) is 0 Å². The van der Waals surface area contributed by atoms with Gasteiger partial charge >= 0.3 is 0 Å². The van der Waals surface area contributed by atoms with Gasteiger partial charge in [0, 0.05) is 30.7 Å². The SMILES string of the molecule is CCCCC(CCC)N1CC2(CCCCC2)NCC1C. The van der Waals surface area contributed by atoms with Crippen molar-refractivity contribution >= 4 is 0 Å². The van der Waals surface area contributed by atoms with Crippen molar-refractivity contribution in [1.82, 2.24) is 10.2 Å². The van der Waals surface area contributed by atoms with Crippen molar-refractivity contribution in [2.45, 2.75) is 103 Å². The molecule has 1 saturated carbocycles. The first-order valence-corrected chi connectivity index (χ1v) is 9.21. The fourth-order valence-electron chi connectivity index (χ4n) is 4.34. The highest BCUT2D eigenvalue weighted by Crippen LogP contribution is 2.33. The molecule has 118 valence electrons. The van der Waals surface area contributed by atoms with E-state index in [0.717, 1.165) is 12.1 Å². The van der Waals surface area contributed by atoms with Crippen LogP contribution in [0.15, 0.2) is 0 Å². The normalized spacial score (nSPS) is 28.6. The van der Waals surface area contributed by atoms with Gasteiger partial charge in [0.1, 0.15) is 0 Å². The van der Waals surface area contributed by atoms with E-state index in [1.165, 1.54) is 77.3 Å². The van der Waals surface area contributed by atoms with Crippen LogP contribution < -0.4 is 5.32 Å². The van der Waals surface area contributed by atoms with E-state index >= 15 is 0 Å². The van der Waals surface area contributed by atoms with E-state index in [1.54, 1.807) is 0 Å². The summed E-state index contributed by atoms with van der Waals surface area (Å²) in [5.41, 5.74) is 0.461. The summed E-state index contributed by atoms with van der Waals surface area (Å²) in [7, 11) is 0. The average Bonchev–Trinajstić information content (AvgIpc) is 2.47. The maximum atomic E-state index is 3.93. The first-order valence-electron chi connectivity index (χ1n) is 9.21. The fraction of sp³-hybridized carbons (Fsp3) is 1.00. The quantitative estimate of drug-likeness (QED) is 0.778. The van der Waals surface area contributed by atoms with Gasteiger partial charge in [-0.15, -0.1) is 0 Å². The van der Waals surface area contributed by atoms with Crippen molar-refractivity contribution in [3.63, 3.8) is 0 Å². The van der Waals surface area contributed by atoms with Crippen LogP contribution >= 0.6 is 0 Å².